The molecule has 14 heavy (non-hydrogen) atoms. The van der Waals surface area contributed by atoms with Crippen molar-refractivity contribution in [1.82, 2.24) is 5.32 Å². The number of hydrogen-bond acceptors (Lipinski definition) is 3. The SMILES string of the molecule is CC(=O)NC[C@@H]1CCC[C@@H]1OC(C)=O. The van der Waals surface area contributed by atoms with E-state index in [1.54, 1.807) is 0 Å². The Balaban J connectivity index is 2.35. The molecule has 80 valence electrons. The predicted octanol–water partition coefficient (Wildman–Crippen LogP) is 0.854. The van der Waals surface area contributed by atoms with Gasteiger partial charge in [0.05, 0.1) is 0 Å². The number of esters is 1. The number of rotatable bonds is 3. The van der Waals surface area contributed by atoms with Crippen LogP contribution in [0, 0.1) is 5.92 Å². The predicted molar refractivity (Wildman–Crippen MR) is 51.6 cm³/mol. The normalized spacial score (nSPS) is 25.9. The van der Waals surface area contributed by atoms with Crippen molar-refractivity contribution in [3.8, 4) is 0 Å². The van der Waals surface area contributed by atoms with Gasteiger partial charge in [0.25, 0.3) is 0 Å². The van der Waals surface area contributed by atoms with Crippen molar-refractivity contribution in [2.75, 3.05) is 6.54 Å². The fraction of sp³-hybridized carbons (Fsp3) is 0.800. The summed E-state index contributed by atoms with van der Waals surface area (Å²) < 4.78 is 5.17. The Morgan fingerprint density at radius 2 is 2.07 bits per heavy atom. The number of nitrogens with one attached hydrogen (secondary N) is 1. The monoisotopic (exact) mass is 199 g/mol. The van der Waals surface area contributed by atoms with Gasteiger partial charge in [0, 0.05) is 26.3 Å². The molecule has 1 rings (SSSR count). The van der Waals surface area contributed by atoms with Crippen LogP contribution in [0.15, 0.2) is 0 Å². The van der Waals surface area contributed by atoms with Crippen molar-refractivity contribution in [3.05, 3.63) is 0 Å². The Hall–Kier alpha value is -1.06. The third kappa shape index (κ3) is 3.36. The molecule has 0 spiro atoms. The largest absolute Gasteiger partial charge is 0.462 e. The Labute approximate surface area is 84.0 Å². The van der Waals surface area contributed by atoms with Gasteiger partial charge in [0.2, 0.25) is 5.91 Å². The lowest BCUT2D eigenvalue weighted by atomic mass is 10.1. The Kier molecular flexibility index (Phi) is 3.92. The maximum atomic E-state index is 10.8. The van der Waals surface area contributed by atoms with Crippen LogP contribution < -0.4 is 5.32 Å². The zero-order valence-electron chi connectivity index (χ0n) is 8.71. The highest BCUT2D eigenvalue weighted by Gasteiger charge is 2.29. The summed E-state index contributed by atoms with van der Waals surface area (Å²) in [6.07, 6.45) is 3.02. The van der Waals surface area contributed by atoms with Crippen LogP contribution in [0.5, 0.6) is 0 Å². The van der Waals surface area contributed by atoms with Crippen molar-refractivity contribution in [2.24, 2.45) is 5.92 Å². The number of amides is 1. The fourth-order valence-corrected chi connectivity index (χ4v) is 1.88. The van der Waals surface area contributed by atoms with E-state index in [9.17, 15) is 9.59 Å². The van der Waals surface area contributed by atoms with Gasteiger partial charge in [-0.25, -0.2) is 0 Å². The van der Waals surface area contributed by atoms with E-state index in [0.29, 0.717) is 12.5 Å². The van der Waals surface area contributed by atoms with E-state index in [0.717, 1.165) is 19.3 Å². The lowest BCUT2D eigenvalue weighted by Crippen LogP contribution is -2.32. The summed E-state index contributed by atoms with van der Waals surface area (Å²) in [5, 5.41) is 2.76. The van der Waals surface area contributed by atoms with E-state index in [-0.39, 0.29) is 18.0 Å². The van der Waals surface area contributed by atoms with Crippen molar-refractivity contribution >= 4 is 11.9 Å². The number of carbonyl (C=O) groups is 2. The van der Waals surface area contributed by atoms with E-state index in [1.165, 1.54) is 13.8 Å². The van der Waals surface area contributed by atoms with Gasteiger partial charge >= 0.3 is 5.97 Å². The third-order valence-corrected chi connectivity index (χ3v) is 2.52. The van der Waals surface area contributed by atoms with E-state index in [1.807, 2.05) is 0 Å². The van der Waals surface area contributed by atoms with Gasteiger partial charge in [-0.2, -0.15) is 0 Å². The molecule has 0 heterocycles. The highest BCUT2D eigenvalue weighted by atomic mass is 16.5. The second kappa shape index (κ2) is 4.98. The molecular weight excluding hydrogens is 182 g/mol. The molecule has 1 aliphatic rings. The molecule has 0 radical (unpaired) electrons. The van der Waals surface area contributed by atoms with Crippen LogP contribution >= 0.6 is 0 Å². The van der Waals surface area contributed by atoms with Gasteiger partial charge in [0.1, 0.15) is 6.10 Å². The first kappa shape index (κ1) is 11.0. The molecule has 0 saturated heterocycles. The summed E-state index contributed by atoms with van der Waals surface area (Å²) in [6.45, 7) is 3.54. The quantitative estimate of drug-likeness (QED) is 0.686. The van der Waals surface area contributed by atoms with Gasteiger partial charge in [-0.05, 0) is 19.3 Å². The molecule has 0 aromatic carbocycles. The molecule has 1 N–H and O–H groups in total. The minimum Gasteiger partial charge on any atom is -0.462 e. The molecule has 0 aromatic heterocycles. The molecule has 1 aliphatic carbocycles. The number of hydrogen-bond donors (Lipinski definition) is 1. The highest BCUT2D eigenvalue weighted by molar-refractivity contribution is 5.72. The molecule has 0 aliphatic heterocycles. The molecular formula is C10H17NO3. The summed E-state index contributed by atoms with van der Waals surface area (Å²) in [7, 11) is 0. The second-order valence-corrected chi connectivity index (χ2v) is 3.78. The van der Waals surface area contributed by atoms with E-state index >= 15 is 0 Å². The molecule has 1 saturated carbocycles. The minimum atomic E-state index is -0.232. The molecule has 4 heteroatoms. The van der Waals surface area contributed by atoms with Crippen molar-refractivity contribution < 1.29 is 14.3 Å². The lowest BCUT2D eigenvalue weighted by Gasteiger charge is -2.19. The molecule has 1 fully saturated rings. The van der Waals surface area contributed by atoms with Gasteiger partial charge < -0.3 is 10.1 Å². The van der Waals surface area contributed by atoms with Gasteiger partial charge in [-0.15, -0.1) is 0 Å². The Morgan fingerprint density at radius 3 is 2.64 bits per heavy atom. The number of carbonyl (C=O) groups excluding carboxylic acids is 2. The van der Waals surface area contributed by atoms with E-state index in [2.05, 4.69) is 5.32 Å². The molecule has 1 amide bonds. The van der Waals surface area contributed by atoms with Crippen molar-refractivity contribution in [3.63, 3.8) is 0 Å². The van der Waals surface area contributed by atoms with Crippen LogP contribution in [-0.2, 0) is 14.3 Å². The van der Waals surface area contributed by atoms with Crippen LogP contribution in [0.4, 0.5) is 0 Å². The van der Waals surface area contributed by atoms with Gasteiger partial charge in [0.15, 0.2) is 0 Å². The zero-order valence-corrected chi connectivity index (χ0v) is 8.71. The first-order valence-electron chi connectivity index (χ1n) is 5.01. The lowest BCUT2D eigenvalue weighted by molar-refractivity contribution is -0.147. The fourth-order valence-electron chi connectivity index (χ4n) is 1.88. The second-order valence-electron chi connectivity index (χ2n) is 3.78. The Morgan fingerprint density at radius 1 is 1.36 bits per heavy atom. The average Bonchev–Trinajstić information content (AvgIpc) is 2.47. The van der Waals surface area contributed by atoms with Gasteiger partial charge in [-0.3, -0.25) is 9.59 Å². The van der Waals surface area contributed by atoms with Crippen molar-refractivity contribution in [2.45, 2.75) is 39.2 Å². The zero-order chi connectivity index (χ0) is 10.6. The van der Waals surface area contributed by atoms with Crippen molar-refractivity contribution in [1.29, 1.82) is 0 Å². The van der Waals surface area contributed by atoms with E-state index in [4.69, 9.17) is 4.74 Å². The summed E-state index contributed by atoms with van der Waals surface area (Å²) in [4.78, 5) is 21.5. The maximum Gasteiger partial charge on any atom is 0.302 e. The first-order valence-corrected chi connectivity index (χ1v) is 5.01. The molecule has 4 nitrogen and oxygen atoms in total. The van der Waals surface area contributed by atoms with Crippen LogP contribution in [0.2, 0.25) is 0 Å². The van der Waals surface area contributed by atoms with Crippen LogP contribution in [0.25, 0.3) is 0 Å². The first-order chi connectivity index (χ1) is 6.59. The molecule has 2 atom stereocenters. The highest BCUT2D eigenvalue weighted by Crippen LogP contribution is 2.27. The third-order valence-electron chi connectivity index (χ3n) is 2.52. The standard InChI is InChI=1S/C10H17NO3/c1-7(12)11-6-9-4-3-5-10(9)14-8(2)13/h9-10H,3-6H2,1-2H3,(H,11,12)/t9-,10-/m0/s1. The summed E-state index contributed by atoms with van der Waals surface area (Å²) in [6, 6.07) is 0. The Bertz CT molecular complexity index is 227. The summed E-state index contributed by atoms with van der Waals surface area (Å²) in [5.41, 5.74) is 0. The average molecular weight is 199 g/mol. The topological polar surface area (TPSA) is 55.4 Å². The minimum absolute atomic E-state index is 0.000602. The van der Waals surface area contributed by atoms with Crippen LogP contribution in [0.1, 0.15) is 33.1 Å². The number of ether oxygens (including phenoxy) is 1. The van der Waals surface area contributed by atoms with Crippen LogP contribution in [-0.4, -0.2) is 24.5 Å². The van der Waals surface area contributed by atoms with Crippen LogP contribution in [0.3, 0.4) is 0 Å². The van der Waals surface area contributed by atoms with E-state index < -0.39 is 0 Å². The summed E-state index contributed by atoms with van der Waals surface area (Å²) >= 11 is 0. The maximum absolute atomic E-state index is 10.8. The van der Waals surface area contributed by atoms with Gasteiger partial charge in [-0.1, -0.05) is 0 Å². The molecule has 0 bridgehead atoms. The summed E-state index contributed by atoms with van der Waals surface area (Å²) in [5.74, 6) is 0.0333. The molecule has 0 unspecified atom stereocenters. The smallest absolute Gasteiger partial charge is 0.302 e. The molecule has 0 aromatic rings.